The van der Waals surface area contributed by atoms with E-state index in [1.54, 1.807) is 25.1 Å². The molecule has 3 heteroatoms. The van der Waals surface area contributed by atoms with Crippen molar-refractivity contribution in [3.05, 3.63) is 48.4 Å². The first-order valence-electron chi connectivity index (χ1n) is 4.21. The zero-order chi connectivity index (χ0) is 10.2. The van der Waals surface area contributed by atoms with Gasteiger partial charge in [-0.3, -0.25) is 5.32 Å². The number of nitrogens with one attached hydrogen (secondary N) is 1. The first-order chi connectivity index (χ1) is 6.83. The zero-order valence-corrected chi connectivity index (χ0v) is 7.86. The van der Waals surface area contributed by atoms with Gasteiger partial charge in [-0.05, 0) is 25.1 Å². The number of hydrogen-bond donors (Lipinski definition) is 1. The SMILES string of the molecule is CC=C=COC(=O)Nc1ccccc1. The van der Waals surface area contributed by atoms with Gasteiger partial charge in [-0.15, -0.1) is 0 Å². The summed E-state index contributed by atoms with van der Waals surface area (Å²) in [6.07, 6.45) is 2.33. The summed E-state index contributed by atoms with van der Waals surface area (Å²) in [6.45, 7) is 1.79. The molecule has 0 aliphatic carbocycles. The molecule has 0 aromatic heterocycles. The average molecular weight is 189 g/mol. The number of carbonyl (C=O) groups is 1. The maximum Gasteiger partial charge on any atom is 0.417 e. The number of para-hydroxylation sites is 1. The molecule has 72 valence electrons. The molecule has 1 N–H and O–H groups in total. The number of hydrogen-bond acceptors (Lipinski definition) is 2. The lowest BCUT2D eigenvalue weighted by Gasteiger charge is -2.01. The van der Waals surface area contributed by atoms with Gasteiger partial charge in [0.25, 0.3) is 0 Å². The van der Waals surface area contributed by atoms with Gasteiger partial charge in [-0.1, -0.05) is 23.9 Å². The molecular formula is C11H11NO2. The van der Waals surface area contributed by atoms with Crippen molar-refractivity contribution in [3.63, 3.8) is 0 Å². The quantitative estimate of drug-likeness (QED) is 0.573. The van der Waals surface area contributed by atoms with E-state index in [9.17, 15) is 4.79 Å². The highest BCUT2D eigenvalue weighted by atomic mass is 16.5. The first kappa shape index (κ1) is 10.1. The van der Waals surface area contributed by atoms with Crippen molar-refractivity contribution < 1.29 is 9.53 Å². The van der Waals surface area contributed by atoms with Crippen LogP contribution in [0.2, 0.25) is 0 Å². The Bertz CT molecular complexity index is 351. The second kappa shape index (κ2) is 5.62. The Morgan fingerprint density at radius 2 is 2.14 bits per heavy atom. The third-order valence-electron chi connectivity index (χ3n) is 1.42. The van der Waals surface area contributed by atoms with Crippen molar-refractivity contribution in [2.45, 2.75) is 6.92 Å². The summed E-state index contributed by atoms with van der Waals surface area (Å²) in [6, 6.07) is 9.09. The largest absolute Gasteiger partial charge is 0.417 e. The smallest absolute Gasteiger partial charge is 0.410 e. The second-order valence-electron chi connectivity index (χ2n) is 2.47. The van der Waals surface area contributed by atoms with Crippen LogP contribution in [0, 0.1) is 0 Å². The molecule has 1 amide bonds. The van der Waals surface area contributed by atoms with Crippen LogP contribution in [0.15, 0.2) is 48.4 Å². The summed E-state index contributed by atoms with van der Waals surface area (Å²) < 4.78 is 4.67. The third-order valence-corrected chi connectivity index (χ3v) is 1.42. The summed E-state index contributed by atoms with van der Waals surface area (Å²) in [5.74, 6) is 0. The van der Waals surface area contributed by atoms with E-state index in [0.29, 0.717) is 5.69 Å². The van der Waals surface area contributed by atoms with Gasteiger partial charge in [0.05, 0.1) is 0 Å². The molecule has 1 rings (SSSR count). The summed E-state index contributed by atoms with van der Waals surface area (Å²) in [7, 11) is 0. The Morgan fingerprint density at radius 3 is 2.79 bits per heavy atom. The van der Waals surface area contributed by atoms with Crippen LogP contribution in [-0.4, -0.2) is 6.09 Å². The predicted molar refractivity (Wildman–Crippen MR) is 54.9 cm³/mol. The highest BCUT2D eigenvalue weighted by molar-refractivity contribution is 5.84. The summed E-state index contributed by atoms with van der Waals surface area (Å²) in [5.41, 5.74) is 3.33. The summed E-state index contributed by atoms with van der Waals surface area (Å²) >= 11 is 0. The Balaban J connectivity index is 2.46. The molecular weight excluding hydrogens is 178 g/mol. The van der Waals surface area contributed by atoms with E-state index < -0.39 is 6.09 Å². The molecule has 0 saturated carbocycles. The maximum atomic E-state index is 11.1. The Morgan fingerprint density at radius 1 is 1.43 bits per heavy atom. The number of anilines is 1. The van der Waals surface area contributed by atoms with Crippen LogP contribution in [0.25, 0.3) is 0 Å². The van der Waals surface area contributed by atoms with Crippen molar-refractivity contribution in [2.75, 3.05) is 5.32 Å². The summed E-state index contributed by atoms with van der Waals surface area (Å²) in [5, 5.41) is 2.55. The van der Waals surface area contributed by atoms with Gasteiger partial charge in [0, 0.05) is 5.69 Å². The lowest BCUT2D eigenvalue weighted by molar-refractivity contribution is 0.201. The number of allylic oxidation sites excluding steroid dienone is 1. The van der Waals surface area contributed by atoms with Gasteiger partial charge in [0.15, 0.2) is 0 Å². The Hall–Kier alpha value is -1.99. The topological polar surface area (TPSA) is 38.3 Å². The van der Waals surface area contributed by atoms with Crippen molar-refractivity contribution in [2.24, 2.45) is 0 Å². The second-order valence-corrected chi connectivity index (χ2v) is 2.47. The van der Waals surface area contributed by atoms with E-state index in [1.165, 1.54) is 6.26 Å². The molecule has 1 aromatic rings. The molecule has 0 saturated heterocycles. The van der Waals surface area contributed by atoms with E-state index >= 15 is 0 Å². The highest BCUT2D eigenvalue weighted by Gasteiger charge is 1.98. The van der Waals surface area contributed by atoms with Gasteiger partial charge in [-0.25, -0.2) is 4.79 Å². The molecule has 0 atom stereocenters. The van der Waals surface area contributed by atoms with Gasteiger partial charge in [-0.2, -0.15) is 0 Å². The number of ether oxygens (including phenoxy) is 1. The van der Waals surface area contributed by atoms with Crippen LogP contribution in [0.5, 0.6) is 0 Å². The van der Waals surface area contributed by atoms with E-state index in [2.05, 4.69) is 15.8 Å². The van der Waals surface area contributed by atoms with Crippen molar-refractivity contribution in [3.8, 4) is 0 Å². The van der Waals surface area contributed by atoms with E-state index in [1.807, 2.05) is 18.2 Å². The van der Waals surface area contributed by atoms with Crippen LogP contribution in [0.4, 0.5) is 10.5 Å². The van der Waals surface area contributed by atoms with Crippen molar-refractivity contribution >= 4 is 11.8 Å². The van der Waals surface area contributed by atoms with Gasteiger partial charge in [0.2, 0.25) is 0 Å². The molecule has 0 spiro atoms. The molecule has 0 aliphatic heterocycles. The molecule has 0 heterocycles. The van der Waals surface area contributed by atoms with Gasteiger partial charge in [0.1, 0.15) is 6.26 Å². The molecule has 0 radical (unpaired) electrons. The lowest BCUT2D eigenvalue weighted by atomic mass is 10.3. The Kier molecular flexibility index (Phi) is 4.05. The molecule has 14 heavy (non-hydrogen) atoms. The standard InChI is InChI=1S/C11H11NO2/c1-2-3-9-14-11(13)12-10-7-5-4-6-8-10/h2,4-9H,1H3,(H,12,13). The minimum absolute atomic E-state index is 0.523. The van der Waals surface area contributed by atoms with E-state index in [4.69, 9.17) is 0 Å². The minimum Gasteiger partial charge on any atom is -0.410 e. The molecule has 0 unspecified atom stereocenters. The third kappa shape index (κ3) is 3.61. The normalized spacial score (nSPS) is 8.36. The highest BCUT2D eigenvalue weighted by Crippen LogP contribution is 2.04. The zero-order valence-electron chi connectivity index (χ0n) is 7.86. The predicted octanol–water partition coefficient (Wildman–Crippen LogP) is 2.92. The first-order valence-corrected chi connectivity index (χ1v) is 4.21. The molecule has 0 aliphatic rings. The molecule has 0 fully saturated rings. The Labute approximate surface area is 82.7 Å². The van der Waals surface area contributed by atoms with Gasteiger partial charge >= 0.3 is 6.09 Å². The molecule has 1 aromatic carbocycles. The van der Waals surface area contributed by atoms with Crippen LogP contribution in [-0.2, 0) is 4.74 Å². The summed E-state index contributed by atoms with van der Waals surface area (Å²) in [4.78, 5) is 11.1. The monoisotopic (exact) mass is 189 g/mol. The minimum atomic E-state index is -0.523. The molecule has 3 nitrogen and oxygen atoms in total. The lowest BCUT2D eigenvalue weighted by Crippen LogP contribution is -2.09. The van der Waals surface area contributed by atoms with Crippen LogP contribution in [0.3, 0.4) is 0 Å². The van der Waals surface area contributed by atoms with E-state index in [-0.39, 0.29) is 0 Å². The maximum absolute atomic E-state index is 11.1. The molecule has 0 bridgehead atoms. The fraction of sp³-hybridized carbons (Fsp3) is 0.0909. The number of benzene rings is 1. The van der Waals surface area contributed by atoms with Gasteiger partial charge < -0.3 is 4.74 Å². The van der Waals surface area contributed by atoms with Crippen LogP contribution < -0.4 is 5.32 Å². The number of rotatable bonds is 2. The van der Waals surface area contributed by atoms with Crippen LogP contribution in [0.1, 0.15) is 6.92 Å². The van der Waals surface area contributed by atoms with Crippen molar-refractivity contribution in [1.29, 1.82) is 0 Å². The number of carbonyl (C=O) groups excluding carboxylic acids is 1. The average Bonchev–Trinajstić information content (AvgIpc) is 2.20. The fourth-order valence-corrected chi connectivity index (χ4v) is 0.824. The fourth-order valence-electron chi connectivity index (χ4n) is 0.824. The van der Waals surface area contributed by atoms with Crippen LogP contribution >= 0.6 is 0 Å². The number of amides is 1. The van der Waals surface area contributed by atoms with Crippen molar-refractivity contribution in [1.82, 2.24) is 0 Å². The van der Waals surface area contributed by atoms with E-state index in [0.717, 1.165) is 0 Å².